The maximum atomic E-state index is 2.89. The molecule has 0 N–H and O–H groups in total. The van der Waals surface area contributed by atoms with Gasteiger partial charge >= 0.3 is 6.85 Å². The van der Waals surface area contributed by atoms with Gasteiger partial charge in [-0.1, -0.05) is 175 Å². The van der Waals surface area contributed by atoms with Gasteiger partial charge in [0.1, 0.15) is 0 Å². The van der Waals surface area contributed by atoms with Crippen LogP contribution in [-0.2, 0) is 16.2 Å². The van der Waals surface area contributed by atoms with Gasteiger partial charge in [-0.2, -0.15) is 0 Å². The van der Waals surface area contributed by atoms with E-state index in [1.54, 1.807) is 11.1 Å². The lowest BCUT2D eigenvalue weighted by Crippen LogP contribution is -2.56. The molecule has 2 aliphatic heterocycles. The van der Waals surface area contributed by atoms with E-state index in [1.165, 1.54) is 209 Å². The number of thiophene rings is 1. The molecule has 4 heteroatoms. The summed E-state index contributed by atoms with van der Waals surface area (Å²) in [6.45, 7) is 7.05. The Morgan fingerprint density at radius 1 is 0.513 bits per heavy atom. The maximum Gasteiger partial charge on any atom is 0.333 e. The first-order valence-corrected chi connectivity index (χ1v) is 30.1. The molecule has 4 heterocycles. The average molecular weight is 1000 g/mol. The number of fused-ring (bicyclic) bond motifs is 18. The molecule has 2 nitrogen and oxygen atoms in total. The van der Waals surface area contributed by atoms with Crippen LogP contribution in [-0.4, -0.2) is 11.3 Å². The van der Waals surface area contributed by atoms with Crippen molar-refractivity contribution >= 4 is 110 Å². The highest BCUT2D eigenvalue weighted by atomic mass is 32.1. The Hall–Kier alpha value is -6.62. The molecule has 4 fully saturated rings. The van der Waals surface area contributed by atoms with Gasteiger partial charge in [-0.05, 0) is 176 Å². The van der Waals surface area contributed by atoms with E-state index in [4.69, 9.17) is 0 Å². The molecule has 0 saturated heterocycles. The minimum Gasteiger partial charge on any atom is -0.375 e. The summed E-state index contributed by atoms with van der Waals surface area (Å²) in [7, 11) is 0. The van der Waals surface area contributed by atoms with Gasteiger partial charge in [-0.3, -0.25) is 0 Å². The van der Waals surface area contributed by atoms with Crippen LogP contribution in [0.25, 0.3) is 85.8 Å². The van der Waals surface area contributed by atoms with E-state index >= 15 is 0 Å². The highest BCUT2D eigenvalue weighted by molar-refractivity contribution is 7.26. The van der Waals surface area contributed by atoms with Crippen molar-refractivity contribution in [1.82, 2.24) is 4.48 Å². The third kappa shape index (κ3) is 6.23. The number of anilines is 3. The molecule has 4 bridgehead atoms. The first-order chi connectivity index (χ1) is 37.2. The van der Waals surface area contributed by atoms with Crippen molar-refractivity contribution in [1.29, 1.82) is 0 Å². The zero-order valence-electron chi connectivity index (χ0n) is 44.4. The minimum absolute atomic E-state index is 0.0278. The highest BCUT2D eigenvalue weighted by Crippen LogP contribution is 2.58. The molecule has 372 valence electrons. The van der Waals surface area contributed by atoms with Crippen molar-refractivity contribution in [2.75, 3.05) is 4.90 Å². The lowest BCUT2D eigenvalue weighted by atomic mass is 9.44. The molecule has 0 amide bonds. The Kier molecular flexibility index (Phi) is 9.36. The zero-order valence-corrected chi connectivity index (χ0v) is 45.3. The SMILES string of the molecule is CC(C)(C)c1ccc(N2c3c4c(cc5ccccc35)-c3cc(C56CCCC(CCC5)C6)cc5c6cc(C78CCCC(CCC7)C8)ccc6n(c35)B4c3ccc4c(sc5cc6ccccc6cc54)c32)c(-c2ccccc2)c1. The van der Waals surface area contributed by atoms with Crippen molar-refractivity contribution in [2.45, 2.75) is 127 Å². The van der Waals surface area contributed by atoms with E-state index in [-0.39, 0.29) is 17.7 Å². The van der Waals surface area contributed by atoms with Crippen LogP contribution < -0.4 is 15.8 Å². The van der Waals surface area contributed by atoms with E-state index in [0.717, 1.165) is 11.8 Å². The molecular formula is C72H65BN2S. The molecule has 0 atom stereocenters. The van der Waals surface area contributed by atoms with E-state index in [0.29, 0.717) is 5.41 Å². The summed E-state index contributed by atoms with van der Waals surface area (Å²) >= 11 is 2.00. The Bertz CT molecular complexity index is 4260. The van der Waals surface area contributed by atoms with Gasteiger partial charge in [-0.25, -0.2) is 0 Å². The number of rotatable bonds is 4. The van der Waals surface area contributed by atoms with Gasteiger partial charge in [0.25, 0.3) is 0 Å². The van der Waals surface area contributed by atoms with Crippen LogP contribution in [0.5, 0.6) is 0 Å². The quantitative estimate of drug-likeness (QED) is 0.160. The Morgan fingerprint density at radius 2 is 1.18 bits per heavy atom. The molecule has 0 unspecified atom stereocenters. The summed E-state index contributed by atoms with van der Waals surface area (Å²) in [5.74, 6) is 1.73. The molecule has 4 saturated carbocycles. The molecular weight excluding hydrogens is 936 g/mol. The Morgan fingerprint density at radius 3 is 1.92 bits per heavy atom. The molecule has 2 aromatic heterocycles. The number of benzene rings is 9. The van der Waals surface area contributed by atoms with Gasteiger partial charge in [0.2, 0.25) is 0 Å². The van der Waals surface area contributed by atoms with Crippen molar-refractivity contribution in [2.24, 2.45) is 11.8 Å². The van der Waals surface area contributed by atoms with Crippen molar-refractivity contribution in [3.8, 4) is 22.3 Å². The second kappa shape index (κ2) is 16.0. The topological polar surface area (TPSA) is 8.17 Å². The molecule has 17 rings (SSSR count). The van der Waals surface area contributed by atoms with E-state index in [9.17, 15) is 0 Å². The van der Waals surface area contributed by atoms with E-state index < -0.39 is 0 Å². The summed E-state index contributed by atoms with van der Waals surface area (Å²) in [6, 6.07) is 63.3. The van der Waals surface area contributed by atoms with Gasteiger partial charge in [-0.15, -0.1) is 11.3 Å². The van der Waals surface area contributed by atoms with Gasteiger partial charge < -0.3 is 9.38 Å². The smallest absolute Gasteiger partial charge is 0.333 e. The summed E-state index contributed by atoms with van der Waals surface area (Å²) in [5.41, 5.74) is 20.1. The molecule has 0 radical (unpaired) electrons. The highest BCUT2D eigenvalue weighted by Gasteiger charge is 2.48. The minimum atomic E-state index is -0.0356. The molecule has 9 aromatic carbocycles. The molecule has 76 heavy (non-hydrogen) atoms. The van der Waals surface area contributed by atoms with Crippen molar-refractivity contribution < 1.29 is 0 Å². The van der Waals surface area contributed by atoms with E-state index in [1.807, 2.05) is 11.3 Å². The van der Waals surface area contributed by atoms with Gasteiger partial charge in [0.15, 0.2) is 0 Å². The van der Waals surface area contributed by atoms with Gasteiger partial charge in [0.05, 0.1) is 21.8 Å². The lowest BCUT2D eigenvalue weighted by Gasteiger charge is -2.46. The van der Waals surface area contributed by atoms with Crippen LogP contribution in [0.4, 0.5) is 17.1 Å². The summed E-state index contributed by atoms with van der Waals surface area (Å²) in [6.07, 6.45) is 19.1. The molecule has 0 spiro atoms. The number of nitrogens with zero attached hydrogens (tertiary/aromatic N) is 2. The first-order valence-electron chi connectivity index (χ1n) is 29.3. The number of aromatic nitrogens is 1. The normalized spacial score (nSPS) is 22.8. The van der Waals surface area contributed by atoms with Crippen LogP contribution in [0.2, 0.25) is 0 Å². The fourth-order valence-electron chi connectivity index (χ4n) is 17.4. The second-order valence-electron chi connectivity index (χ2n) is 26.0. The van der Waals surface area contributed by atoms with Crippen LogP contribution in [0.3, 0.4) is 0 Å². The third-order valence-electron chi connectivity index (χ3n) is 20.9. The predicted molar refractivity (Wildman–Crippen MR) is 327 cm³/mol. The van der Waals surface area contributed by atoms with Gasteiger partial charge in [0, 0.05) is 53.8 Å². The summed E-state index contributed by atoms with van der Waals surface area (Å²) < 4.78 is 5.60. The molecule has 4 aliphatic carbocycles. The first kappa shape index (κ1) is 44.5. The molecule has 11 aromatic rings. The Balaban J connectivity index is 1.03. The summed E-state index contributed by atoms with van der Waals surface area (Å²) in [5, 5.41) is 10.9. The monoisotopic (exact) mass is 1000 g/mol. The van der Waals surface area contributed by atoms with Crippen molar-refractivity contribution in [3.63, 3.8) is 0 Å². The number of hydrogen-bond acceptors (Lipinski definition) is 2. The largest absolute Gasteiger partial charge is 0.375 e. The standard InChI is InChI=1S/C72H65BN2S/c1-70(2,3)50-25-29-62(55(38-50)46-19-5-4-6-20-46)74-67-53-24-10-9-23-49(53)36-58-60-41-52(72-33-13-17-45(43-72)18-14-34-72)40-59-56-39-51(71-31-11-15-44(42-71)16-12-32-71)26-30-63(56)75(66(59)60)73(65(58)67)61-28-27-54-57-35-47-21-7-8-22-48(47)37-64(57)76-69(54)68(61)74/h4-10,19-30,35-41,44-45H,11-18,31-34,42-43H2,1-3H3. The van der Waals surface area contributed by atoms with E-state index in [2.05, 4.69) is 188 Å². The van der Waals surface area contributed by atoms with Crippen LogP contribution >= 0.6 is 11.3 Å². The summed E-state index contributed by atoms with van der Waals surface area (Å²) in [4.78, 5) is 2.79. The van der Waals surface area contributed by atoms with Crippen LogP contribution in [0.15, 0.2) is 158 Å². The fourth-order valence-corrected chi connectivity index (χ4v) is 18.6. The molecule has 6 aliphatic rings. The Labute approximate surface area is 451 Å². The lowest BCUT2D eigenvalue weighted by molar-refractivity contribution is 0.149. The van der Waals surface area contributed by atoms with Crippen molar-refractivity contribution in [3.05, 3.63) is 174 Å². The second-order valence-corrected chi connectivity index (χ2v) is 27.0. The van der Waals surface area contributed by atoms with Crippen LogP contribution in [0.1, 0.15) is 127 Å². The maximum absolute atomic E-state index is 2.89. The average Bonchev–Trinajstić information content (AvgIpc) is 4.11. The number of hydrogen-bond donors (Lipinski definition) is 0. The van der Waals surface area contributed by atoms with Crippen LogP contribution in [0, 0.1) is 11.8 Å². The third-order valence-corrected chi connectivity index (χ3v) is 22.1. The predicted octanol–water partition coefficient (Wildman–Crippen LogP) is 19.1. The zero-order chi connectivity index (χ0) is 50.2. The fraction of sp³-hybridized carbons (Fsp3) is 0.306.